The smallest absolute Gasteiger partial charge is 0.191 e. The van der Waals surface area contributed by atoms with E-state index in [1.54, 1.807) is 6.92 Å². The average Bonchev–Trinajstić information content (AvgIpc) is 2.97. The monoisotopic (exact) mass is 491 g/mol. The molecular weight excluding hydrogens is 457 g/mol. The number of furan rings is 1. The van der Waals surface area contributed by atoms with Crippen molar-refractivity contribution in [1.29, 1.82) is 0 Å². The Balaban J connectivity index is 0.00000261. The molecule has 0 amide bonds. The number of ether oxygens (including phenoxy) is 1. The van der Waals surface area contributed by atoms with Crippen molar-refractivity contribution in [2.45, 2.75) is 71.1 Å². The van der Waals surface area contributed by atoms with Crippen LogP contribution in [0.15, 0.2) is 21.5 Å². The fourth-order valence-electron chi connectivity index (χ4n) is 4.16. The van der Waals surface area contributed by atoms with Crippen LogP contribution in [-0.2, 0) is 10.3 Å². The van der Waals surface area contributed by atoms with Gasteiger partial charge in [-0.15, -0.1) is 24.0 Å². The minimum absolute atomic E-state index is 0. The van der Waals surface area contributed by atoms with Gasteiger partial charge in [0.2, 0.25) is 0 Å². The zero-order valence-corrected chi connectivity index (χ0v) is 19.2. The topological polar surface area (TPSA) is 79.0 Å². The molecule has 1 aromatic rings. The SMILES string of the molecule is CCNC(=NCC(C)(O)c1ccc(C)o1)NC1CC(OCC)C12CCC2.I. The van der Waals surface area contributed by atoms with E-state index in [9.17, 15) is 5.11 Å². The molecule has 1 spiro atoms. The molecule has 0 aliphatic heterocycles. The van der Waals surface area contributed by atoms with Crippen LogP contribution in [0.4, 0.5) is 0 Å². The van der Waals surface area contributed by atoms with Crippen LogP contribution in [0.1, 0.15) is 58.0 Å². The van der Waals surface area contributed by atoms with Crippen molar-refractivity contribution in [1.82, 2.24) is 10.6 Å². The highest BCUT2D eigenvalue weighted by molar-refractivity contribution is 14.0. The molecule has 3 rings (SSSR count). The zero-order valence-electron chi connectivity index (χ0n) is 16.9. The average molecular weight is 491 g/mol. The Bertz CT molecular complexity index is 640. The summed E-state index contributed by atoms with van der Waals surface area (Å²) >= 11 is 0. The Morgan fingerprint density at radius 2 is 2.15 bits per heavy atom. The maximum absolute atomic E-state index is 10.7. The minimum atomic E-state index is -1.13. The van der Waals surface area contributed by atoms with Crippen LogP contribution in [0, 0.1) is 12.3 Å². The molecule has 3 unspecified atom stereocenters. The molecule has 27 heavy (non-hydrogen) atoms. The largest absolute Gasteiger partial charge is 0.463 e. The zero-order chi connectivity index (χ0) is 18.8. The van der Waals surface area contributed by atoms with Crippen LogP contribution < -0.4 is 10.6 Å². The van der Waals surface area contributed by atoms with Crippen LogP contribution in [0.3, 0.4) is 0 Å². The Kier molecular flexibility index (Phi) is 7.61. The molecule has 1 aromatic heterocycles. The van der Waals surface area contributed by atoms with Gasteiger partial charge in [0.1, 0.15) is 17.1 Å². The molecule has 1 heterocycles. The molecule has 2 aliphatic carbocycles. The predicted octanol–water partition coefficient (Wildman–Crippen LogP) is 3.32. The highest BCUT2D eigenvalue weighted by atomic mass is 127. The Hall–Kier alpha value is -0.800. The molecule has 0 aromatic carbocycles. The lowest BCUT2D eigenvalue weighted by Crippen LogP contribution is -2.68. The van der Waals surface area contributed by atoms with Gasteiger partial charge in [-0.2, -0.15) is 0 Å². The van der Waals surface area contributed by atoms with Crippen LogP contribution >= 0.6 is 24.0 Å². The Labute approximate surface area is 179 Å². The first-order valence-corrected chi connectivity index (χ1v) is 9.87. The molecule has 3 atom stereocenters. The van der Waals surface area contributed by atoms with Crippen LogP contribution in [0.25, 0.3) is 0 Å². The lowest BCUT2D eigenvalue weighted by atomic mass is 9.51. The van der Waals surface area contributed by atoms with Gasteiger partial charge in [-0.3, -0.25) is 0 Å². The number of nitrogens with zero attached hydrogens (tertiary/aromatic N) is 1. The third kappa shape index (κ3) is 4.62. The van der Waals surface area contributed by atoms with Gasteiger partial charge in [-0.25, -0.2) is 4.99 Å². The first kappa shape index (κ1) is 22.5. The van der Waals surface area contributed by atoms with Crippen molar-refractivity contribution in [3.63, 3.8) is 0 Å². The number of nitrogens with one attached hydrogen (secondary N) is 2. The number of hydrogen-bond donors (Lipinski definition) is 3. The summed E-state index contributed by atoms with van der Waals surface area (Å²) in [5.74, 6) is 2.09. The summed E-state index contributed by atoms with van der Waals surface area (Å²) < 4.78 is 11.5. The number of aliphatic hydroxyl groups is 1. The first-order valence-electron chi connectivity index (χ1n) is 9.87. The van der Waals surface area contributed by atoms with Gasteiger partial charge < -0.3 is 24.9 Å². The molecule has 0 radical (unpaired) electrons. The number of aryl methyl sites for hydroxylation is 1. The van der Waals surface area contributed by atoms with E-state index in [1.165, 1.54) is 19.3 Å². The fraction of sp³-hybridized carbons (Fsp3) is 0.750. The highest BCUT2D eigenvalue weighted by Crippen LogP contribution is 2.57. The van der Waals surface area contributed by atoms with Crippen LogP contribution in [-0.4, -0.2) is 42.9 Å². The molecule has 0 bridgehead atoms. The summed E-state index contributed by atoms with van der Waals surface area (Å²) in [7, 11) is 0. The van der Waals surface area contributed by atoms with Gasteiger partial charge in [-0.1, -0.05) is 6.42 Å². The van der Waals surface area contributed by atoms with E-state index in [0.29, 0.717) is 17.9 Å². The third-order valence-corrected chi connectivity index (χ3v) is 5.91. The van der Waals surface area contributed by atoms with Crippen LogP contribution in [0.5, 0.6) is 0 Å². The predicted molar refractivity (Wildman–Crippen MR) is 118 cm³/mol. The van der Waals surface area contributed by atoms with Gasteiger partial charge in [0.15, 0.2) is 5.96 Å². The second kappa shape index (κ2) is 9.13. The Morgan fingerprint density at radius 3 is 2.67 bits per heavy atom. The van der Waals surface area contributed by atoms with Crippen molar-refractivity contribution in [3.05, 3.63) is 23.7 Å². The number of aliphatic imine (C=N–C) groups is 1. The van der Waals surface area contributed by atoms with Gasteiger partial charge in [0.25, 0.3) is 0 Å². The van der Waals surface area contributed by atoms with Crippen molar-refractivity contribution in [2.24, 2.45) is 10.4 Å². The second-order valence-corrected chi connectivity index (χ2v) is 7.84. The molecule has 2 saturated carbocycles. The van der Waals surface area contributed by atoms with Gasteiger partial charge in [0, 0.05) is 24.6 Å². The quantitative estimate of drug-likeness (QED) is 0.310. The van der Waals surface area contributed by atoms with E-state index in [0.717, 1.165) is 31.3 Å². The third-order valence-electron chi connectivity index (χ3n) is 5.91. The standard InChI is InChI=1S/C20H33N3O3.HI/c1-5-21-18(22-13-19(4,24)16-9-8-14(3)26-16)23-15-12-17(25-6-2)20(15)10-7-11-20;/h8-9,15,17,24H,5-7,10-13H2,1-4H3,(H2,21,22,23);1H. The summed E-state index contributed by atoms with van der Waals surface area (Å²) in [6, 6.07) is 4.06. The van der Waals surface area contributed by atoms with Crippen molar-refractivity contribution >= 4 is 29.9 Å². The maximum Gasteiger partial charge on any atom is 0.191 e. The van der Waals surface area contributed by atoms with E-state index >= 15 is 0 Å². The molecule has 2 fully saturated rings. The minimum Gasteiger partial charge on any atom is -0.463 e. The second-order valence-electron chi connectivity index (χ2n) is 7.84. The number of guanidine groups is 1. The lowest BCUT2D eigenvalue weighted by Gasteiger charge is -2.61. The molecule has 7 heteroatoms. The summed E-state index contributed by atoms with van der Waals surface area (Å²) in [5.41, 5.74) is -0.856. The van der Waals surface area contributed by atoms with E-state index in [4.69, 9.17) is 9.15 Å². The first-order chi connectivity index (χ1) is 12.4. The van der Waals surface area contributed by atoms with E-state index < -0.39 is 5.60 Å². The van der Waals surface area contributed by atoms with Crippen molar-refractivity contribution in [3.8, 4) is 0 Å². The van der Waals surface area contributed by atoms with E-state index in [-0.39, 0.29) is 35.9 Å². The summed E-state index contributed by atoms with van der Waals surface area (Å²) in [5, 5.41) is 17.6. The molecular formula is C20H34IN3O3. The fourth-order valence-corrected chi connectivity index (χ4v) is 4.16. The van der Waals surface area contributed by atoms with Crippen LogP contribution in [0.2, 0.25) is 0 Å². The molecule has 154 valence electrons. The highest BCUT2D eigenvalue weighted by Gasteiger charge is 2.59. The molecule has 0 saturated heterocycles. The number of hydrogen-bond acceptors (Lipinski definition) is 4. The normalized spacial score (nSPS) is 25.7. The summed E-state index contributed by atoms with van der Waals surface area (Å²) in [6.07, 6.45) is 5.11. The molecule has 2 aliphatic rings. The summed E-state index contributed by atoms with van der Waals surface area (Å²) in [4.78, 5) is 4.63. The molecule has 3 N–H and O–H groups in total. The van der Waals surface area contributed by atoms with E-state index in [1.807, 2.05) is 26.0 Å². The van der Waals surface area contributed by atoms with Gasteiger partial charge in [-0.05, 0) is 59.1 Å². The molecule has 6 nitrogen and oxygen atoms in total. The summed E-state index contributed by atoms with van der Waals surface area (Å²) in [6.45, 7) is 9.52. The van der Waals surface area contributed by atoms with Crippen molar-refractivity contribution in [2.75, 3.05) is 19.7 Å². The number of rotatable bonds is 7. The van der Waals surface area contributed by atoms with Crippen molar-refractivity contribution < 1.29 is 14.3 Å². The van der Waals surface area contributed by atoms with Gasteiger partial charge >= 0.3 is 0 Å². The maximum atomic E-state index is 10.7. The van der Waals surface area contributed by atoms with Gasteiger partial charge in [0.05, 0.1) is 12.6 Å². The Morgan fingerprint density at radius 1 is 1.41 bits per heavy atom. The lowest BCUT2D eigenvalue weighted by molar-refractivity contribution is -0.168. The number of halogens is 1. The van der Waals surface area contributed by atoms with E-state index in [2.05, 4.69) is 22.5 Å².